The molecule has 0 atom stereocenters. The molecule has 1 aromatic heterocycles. The van der Waals surface area contributed by atoms with Crippen LogP contribution >= 0.6 is 23.4 Å². The molecule has 2 rings (SSSR count). The SMILES string of the molecule is CSc1nc(N)n(-c2ccc(Cl)cc2)n1. The van der Waals surface area contributed by atoms with E-state index in [2.05, 4.69) is 10.1 Å². The molecule has 2 N–H and O–H groups in total. The maximum Gasteiger partial charge on any atom is 0.224 e. The number of hydrogen-bond donors (Lipinski definition) is 1. The Morgan fingerprint density at radius 3 is 2.53 bits per heavy atom. The van der Waals surface area contributed by atoms with Gasteiger partial charge in [0.2, 0.25) is 11.1 Å². The molecule has 2 aromatic rings. The van der Waals surface area contributed by atoms with E-state index < -0.39 is 0 Å². The fourth-order valence-electron chi connectivity index (χ4n) is 1.16. The van der Waals surface area contributed by atoms with Crippen LogP contribution in [0.15, 0.2) is 29.4 Å². The van der Waals surface area contributed by atoms with Crippen molar-refractivity contribution in [3.05, 3.63) is 29.3 Å². The maximum absolute atomic E-state index is 5.79. The van der Waals surface area contributed by atoms with Gasteiger partial charge in [0, 0.05) is 5.02 Å². The molecular formula is C9H9ClN4S. The standard InChI is InChI=1S/C9H9ClN4S/c1-15-9-12-8(11)14(13-9)7-4-2-6(10)3-5-7/h2-5H,1H3,(H2,11,12,13). The van der Waals surface area contributed by atoms with Gasteiger partial charge in [0.1, 0.15) is 0 Å². The summed E-state index contributed by atoms with van der Waals surface area (Å²) in [6, 6.07) is 7.27. The molecule has 0 spiro atoms. The number of nitrogens with zero attached hydrogens (tertiary/aromatic N) is 3. The van der Waals surface area contributed by atoms with Crippen LogP contribution in [0.2, 0.25) is 5.02 Å². The van der Waals surface area contributed by atoms with Crippen molar-refractivity contribution >= 4 is 29.3 Å². The average molecular weight is 241 g/mol. The van der Waals surface area contributed by atoms with Crippen LogP contribution in [0.25, 0.3) is 5.69 Å². The highest BCUT2D eigenvalue weighted by Crippen LogP contribution is 2.17. The second kappa shape index (κ2) is 4.12. The number of rotatable bonds is 2. The Kier molecular flexibility index (Phi) is 2.83. The van der Waals surface area contributed by atoms with Gasteiger partial charge in [-0.1, -0.05) is 23.4 Å². The zero-order valence-electron chi connectivity index (χ0n) is 8.01. The predicted octanol–water partition coefficient (Wildman–Crippen LogP) is 2.22. The number of halogens is 1. The molecule has 15 heavy (non-hydrogen) atoms. The lowest BCUT2D eigenvalue weighted by atomic mass is 10.3. The van der Waals surface area contributed by atoms with Crippen molar-refractivity contribution in [3.8, 4) is 5.69 Å². The first-order chi connectivity index (χ1) is 7.20. The molecule has 1 aromatic carbocycles. The van der Waals surface area contributed by atoms with E-state index in [0.29, 0.717) is 16.1 Å². The highest BCUT2D eigenvalue weighted by atomic mass is 35.5. The first-order valence-corrected chi connectivity index (χ1v) is 5.83. The number of nitrogen functional groups attached to an aromatic ring is 1. The topological polar surface area (TPSA) is 56.7 Å². The Labute approximate surface area is 96.4 Å². The van der Waals surface area contributed by atoms with Crippen molar-refractivity contribution in [3.63, 3.8) is 0 Å². The third-order valence-electron chi connectivity index (χ3n) is 1.87. The Balaban J connectivity index is 2.44. The number of anilines is 1. The van der Waals surface area contributed by atoms with Crippen LogP contribution in [0.1, 0.15) is 0 Å². The van der Waals surface area contributed by atoms with Gasteiger partial charge in [-0.2, -0.15) is 9.67 Å². The molecular weight excluding hydrogens is 232 g/mol. The van der Waals surface area contributed by atoms with E-state index in [1.54, 1.807) is 16.8 Å². The normalized spacial score (nSPS) is 10.5. The molecule has 78 valence electrons. The average Bonchev–Trinajstić information content (AvgIpc) is 2.61. The van der Waals surface area contributed by atoms with E-state index >= 15 is 0 Å². The number of hydrogen-bond acceptors (Lipinski definition) is 4. The van der Waals surface area contributed by atoms with Gasteiger partial charge in [-0.25, -0.2) is 0 Å². The van der Waals surface area contributed by atoms with Crippen LogP contribution < -0.4 is 5.73 Å². The molecule has 0 bridgehead atoms. The summed E-state index contributed by atoms with van der Waals surface area (Å²) < 4.78 is 1.59. The summed E-state index contributed by atoms with van der Waals surface area (Å²) in [5.74, 6) is 0.377. The molecule has 0 fully saturated rings. The van der Waals surface area contributed by atoms with Crippen molar-refractivity contribution in [2.75, 3.05) is 12.0 Å². The second-order valence-electron chi connectivity index (χ2n) is 2.84. The summed E-state index contributed by atoms with van der Waals surface area (Å²) in [4.78, 5) is 4.09. The molecule has 1 heterocycles. The number of nitrogens with two attached hydrogens (primary N) is 1. The van der Waals surface area contributed by atoms with E-state index in [4.69, 9.17) is 17.3 Å². The van der Waals surface area contributed by atoms with Crippen molar-refractivity contribution in [2.45, 2.75) is 5.16 Å². The van der Waals surface area contributed by atoms with E-state index in [-0.39, 0.29) is 0 Å². The number of benzene rings is 1. The molecule has 0 unspecified atom stereocenters. The lowest BCUT2D eigenvalue weighted by molar-refractivity contribution is 0.842. The summed E-state index contributed by atoms with van der Waals surface area (Å²) in [7, 11) is 0. The van der Waals surface area contributed by atoms with Gasteiger partial charge >= 0.3 is 0 Å². The van der Waals surface area contributed by atoms with Gasteiger partial charge in [-0.3, -0.25) is 0 Å². The van der Waals surface area contributed by atoms with Gasteiger partial charge < -0.3 is 5.73 Å². The van der Waals surface area contributed by atoms with E-state index in [9.17, 15) is 0 Å². The molecule has 0 radical (unpaired) electrons. The van der Waals surface area contributed by atoms with Gasteiger partial charge in [0.05, 0.1) is 5.69 Å². The highest BCUT2D eigenvalue weighted by molar-refractivity contribution is 7.98. The minimum Gasteiger partial charge on any atom is -0.368 e. The largest absolute Gasteiger partial charge is 0.368 e. The van der Waals surface area contributed by atoms with Crippen LogP contribution in [0.5, 0.6) is 0 Å². The third-order valence-corrected chi connectivity index (χ3v) is 2.66. The molecule has 0 aliphatic carbocycles. The summed E-state index contributed by atoms with van der Waals surface area (Å²) >= 11 is 7.24. The van der Waals surface area contributed by atoms with Crippen molar-refractivity contribution < 1.29 is 0 Å². The third kappa shape index (κ3) is 2.08. The van der Waals surface area contributed by atoms with Crippen LogP contribution in [0.3, 0.4) is 0 Å². The molecule has 4 nitrogen and oxygen atoms in total. The van der Waals surface area contributed by atoms with Crippen molar-refractivity contribution in [2.24, 2.45) is 0 Å². The molecule has 0 amide bonds. The van der Waals surface area contributed by atoms with Gasteiger partial charge in [-0.05, 0) is 30.5 Å². The maximum atomic E-state index is 5.79. The Hall–Kier alpha value is -1.20. The van der Waals surface area contributed by atoms with Gasteiger partial charge in [0.15, 0.2) is 0 Å². The van der Waals surface area contributed by atoms with E-state index in [0.717, 1.165) is 5.69 Å². The van der Waals surface area contributed by atoms with Crippen LogP contribution in [-0.2, 0) is 0 Å². The number of aromatic nitrogens is 3. The summed E-state index contributed by atoms with van der Waals surface area (Å²) in [5.41, 5.74) is 6.58. The lowest BCUT2D eigenvalue weighted by Gasteiger charge is -2.01. The zero-order chi connectivity index (χ0) is 10.8. The Morgan fingerprint density at radius 2 is 2.00 bits per heavy atom. The first kappa shape index (κ1) is 10.3. The van der Waals surface area contributed by atoms with Crippen molar-refractivity contribution in [1.82, 2.24) is 14.8 Å². The van der Waals surface area contributed by atoms with Gasteiger partial charge in [0.25, 0.3) is 0 Å². The summed E-state index contributed by atoms with van der Waals surface area (Å²) in [5, 5.41) is 5.57. The fraction of sp³-hybridized carbons (Fsp3) is 0.111. The molecule has 0 saturated carbocycles. The Morgan fingerprint density at radius 1 is 1.33 bits per heavy atom. The van der Waals surface area contributed by atoms with Crippen molar-refractivity contribution in [1.29, 1.82) is 0 Å². The second-order valence-corrected chi connectivity index (χ2v) is 4.05. The monoisotopic (exact) mass is 240 g/mol. The van der Waals surface area contributed by atoms with E-state index in [1.807, 2.05) is 18.4 Å². The van der Waals surface area contributed by atoms with Crippen LogP contribution in [0.4, 0.5) is 5.95 Å². The lowest BCUT2D eigenvalue weighted by Crippen LogP contribution is -2.01. The van der Waals surface area contributed by atoms with Gasteiger partial charge in [-0.15, -0.1) is 5.10 Å². The minimum atomic E-state index is 0.377. The van der Waals surface area contributed by atoms with Crippen LogP contribution in [0, 0.1) is 0 Å². The minimum absolute atomic E-state index is 0.377. The first-order valence-electron chi connectivity index (χ1n) is 4.23. The number of thioether (sulfide) groups is 1. The quantitative estimate of drug-likeness (QED) is 0.818. The highest BCUT2D eigenvalue weighted by Gasteiger charge is 2.07. The summed E-state index contributed by atoms with van der Waals surface area (Å²) in [6.07, 6.45) is 1.90. The Bertz CT molecular complexity index is 465. The predicted molar refractivity (Wildman–Crippen MR) is 62.6 cm³/mol. The van der Waals surface area contributed by atoms with E-state index in [1.165, 1.54) is 11.8 Å². The summed E-state index contributed by atoms with van der Waals surface area (Å²) in [6.45, 7) is 0. The smallest absolute Gasteiger partial charge is 0.224 e. The molecule has 0 aliphatic heterocycles. The van der Waals surface area contributed by atoms with Crippen LogP contribution in [-0.4, -0.2) is 21.0 Å². The fourth-order valence-corrected chi connectivity index (χ4v) is 1.64. The molecule has 0 saturated heterocycles. The molecule has 0 aliphatic rings. The zero-order valence-corrected chi connectivity index (χ0v) is 9.59. The molecule has 6 heteroatoms.